The zero-order valence-corrected chi connectivity index (χ0v) is 8.03. The molecule has 15 heavy (non-hydrogen) atoms. The number of rotatable bonds is 1. The number of fused-ring (bicyclic) bond motifs is 1. The number of anilines is 1. The molecule has 2 N–H and O–H groups in total. The number of carboxylic acid groups (broad SMARTS) is 1. The van der Waals surface area contributed by atoms with Crippen molar-refractivity contribution in [2.24, 2.45) is 0 Å². The summed E-state index contributed by atoms with van der Waals surface area (Å²) < 4.78 is 5.12. The number of carbonyl (C=O) groups is 2. The van der Waals surface area contributed by atoms with Gasteiger partial charge in [-0.1, -0.05) is 6.07 Å². The lowest BCUT2D eigenvalue weighted by Crippen LogP contribution is -2.27. The number of carbonyl (C=O) groups excluding carboxylic acids is 1. The third-order valence-electron chi connectivity index (χ3n) is 2.21. The first kappa shape index (κ1) is 9.51. The van der Waals surface area contributed by atoms with Gasteiger partial charge in [0.1, 0.15) is 5.56 Å². The number of amides is 1. The van der Waals surface area contributed by atoms with Gasteiger partial charge in [-0.05, 0) is 18.6 Å². The Kier molecular flexibility index (Phi) is 2.07. The Morgan fingerprint density at radius 1 is 1.53 bits per heavy atom. The second kappa shape index (κ2) is 3.27. The van der Waals surface area contributed by atoms with Gasteiger partial charge in [0.05, 0.1) is 5.69 Å². The molecule has 0 radical (unpaired) electrons. The number of carboxylic acids is 1. The molecule has 78 valence electrons. The van der Waals surface area contributed by atoms with Crippen molar-refractivity contribution in [3.05, 3.63) is 23.3 Å². The first-order chi connectivity index (χ1) is 7.09. The Bertz CT molecular complexity index is 453. The number of aryl methyl sites for hydroxylation is 1. The summed E-state index contributed by atoms with van der Waals surface area (Å²) in [7, 11) is 0. The monoisotopic (exact) mass is 207 g/mol. The van der Waals surface area contributed by atoms with Crippen LogP contribution in [0.3, 0.4) is 0 Å². The summed E-state index contributed by atoms with van der Waals surface area (Å²) >= 11 is 0. The highest BCUT2D eigenvalue weighted by atomic mass is 16.5. The molecule has 0 atom stereocenters. The predicted octanol–water partition coefficient (Wildman–Crippen LogP) is 1.02. The van der Waals surface area contributed by atoms with Gasteiger partial charge in [0.25, 0.3) is 5.91 Å². The van der Waals surface area contributed by atoms with Gasteiger partial charge in [0, 0.05) is 0 Å². The van der Waals surface area contributed by atoms with Gasteiger partial charge < -0.3 is 15.2 Å². The molecule has 1 aromatic carbocycles. The minimum absolute atomic E-state index is 0.0654. The molecule has 2 rings (SSSR count). The lowest BCUT2D eigenvalue weighted by molar-refractivity contribution is -0.118. The SMILES string of the molecule is Cc1ccc(C(=O)O)c2c1NC(=O)CO2. The van der Waals surface area contributed by atoms with E-state index in [0.717, 1.165) is 5.56 Å². The molecule has 0 unspecified atom stereocenters. The first-order valence-corrected chi connectivity index (χ1v) is 4.39. The van der Waals surface area contributed by atoms with Crippen molar-refractivity contribution in [2.75, 3.05) is 11.9 Å². The average Bonchev–Trinajstić information content (AvgIpc) is 2.19. The van der Waals surface area contributed by atoms with Crippen LogP contribution in [0, 0.1) is 6.92 Å². The topological polar surface area (TPSA) is 75.6 Å². The number of hydrogen-bond donors (Lipinski definition) is 2. The number of benzene rings is 1. The Labute approximate surface area is 85.7 Å². The Morgan fingerprint density at radius 3 is 2.93 bits per heavy atom. The van der Waals surface area contributed by atoms with Crippen LogP contribution in [-0.4, -0.2) is 23.6 Å². The van der Waals surface area contributed by atoms with E-state index in [2.05, 4.69) is 5.32 Å². The van der Waals surface area contributed by atoms with Crippen LogP contribution < -0.4 is 10.1 Å². The van der Waals surface area contributed by atoms with Gasteiger partial charge >= 0.3 is 5.97 Å². The van der Waals surface area contributed by atoms with E-state index in [9.17, 15) is 9.59 Å². The largest absolute Gasteiger partial charge is 0.481 e. The molecule has 0 fully saturated rings. The van der Waals surface area contributed by atoms with Crippen molar-refractivity contribution in [3.8, 4) is 5.75 Å². The van der Waals surface area contributed by atoms with Gasteiger partial charge in [0.2, 0.25) is 0 Å². The molecular formula is C10H9NO4. The van der Waals surface area contributed by atoms with Crippen molar-refractivity contribution >= 4 is 17.6 Å². The molecule has 0 spiro atoms. The number of aromatic carboxylic acids is 1. The normalized spacial score (nSPS) is 13.8. The van der Waals surface area contributed by atoms with E-state index in [4.69, 9.17) is 9.84 Å². The molecule has 0 saturated heterocycles. The van der Waals surface area contributed by atoms with E-state index < -0.39 is 5.97 Å². The number of hydrogen-bond acceptors (Lipinski definition) is 3. The fraction of sp³-hybridized carbons (Fsp3) is 0.200. The van der Waals surface area contributed by atoms with E-state index in [1.54, 1.807) is 13.0 Å². The third kappa shape index (κ3) is 1.52. The van der Waals surface area contributed by atoms with E-state index in [0.29, 0.717) is 5.69 Å². The summed E-state index contributed by atoms with van der Waals surface area (Å²) in [4.78, 5) is 21.9. The van der Waals surface area contributed by atoms with Crippen molar-refractivity contribution in [3.63, 3.8) is 0 Å². The smallest absolute Gasteiger partial charge is 0.339 e. The second-order valence-electron chi connectivity index (χ2n) is 3.28. The van der Waals surface area contributed by atoms with Crippen molar-refractivity contribution in [1.82, 2.24) is 0 Å². The Balaban J connectivity index is 2.60. The molecular weight excluding hydrogens is 198 g/mol. The van der Waals surface area contributed by atoms with Crippen LogP contribution >= 0.6 is 0 Å². The van der Waals surface area contributed by atoms with Gasteiger partial charge in [-0.25, -0.2) is 4.79 Å². The zero-order chi connectivity index (χ0) is 11.0. The van der Waals surface area contributed by atoms with Gasteiger partial charge in [-0.3, -0.25) is 4.79 Å². The van der Waals surface area contributed by atoms with Gasteiger partial charge in [0.15, 0.2) is 12.4 Å². The van der Waals surface area contributed by atoms with Crippen LogP contribution in [0.1, 0.15) is 15.9 Å². The van der Waals surface area contributed by atoms with Crippen LogP contribution in [-0.2, 0) is 4.79 Å². The molecule has 0 aromatic heterocycles. The zero-order valence-electron chi connectivity index (χ0n) is 8.03. The van der Waals surface area contributed by atoms with Crippen LogP contribution in [0.5, 0.6) is 5.75 Å². The minimum atomic E-state index is -1.07. The molecule has 1 heterocycles. The summed E-state index contributed by atoms with van der Waals surface area (Å²) in [6.07, 6.45) is 0. The maximum atomic E-state index is 11.1. The highest BCUT2D eigenvalue weighted by Crippen LogP contribution is 2.34. The fourth-order valence-electron chi connectivity index (χ4n) is 1.47. The lowest BCUT2D eigenvalue weighted by Gasteiger charge is -2.21. The molecule has 0 saturated carbocycles. The van der Waals surface area contributed by atoms with Crippen molar-refractivity contribution in [1.29, 1.82) is 0 Å². The number of ether oxygens (including phenoxy) is 1. The van der Waals surface area contributed by atoms with Gasteiger partial charge in [-0.15, -0.1) is 0 Å². The van der Waals surface area contributed by atoms with E-state index in [1.165, 1.54) is 6.07 Å². The predicted molar refractivity (Wildman–Crippen MR) is 52.3 cm³/mol. The molecule has 1 amide bonds. The lowest BCUT2D eigenvalue weighted by atomic mass is 10.1. The minimum Gasteiger partial charge on any atom is -0.481 e. The molecule has 0 bridgehead atoms. The first-order valence-electron chi connectivity index (χ1n) is 4.39. The Morgan fingerprint density at radius 2 is 2.27 bits per heavy atom. The molecule has 0 aliphatic carbocycles. The number of nitrogens with one attached hydrogen (secondary N) is 1. The van der Waals surface area contributed by atoms with Crippen LogP contribution in [0.25, 0.3) is 0 Å². The van der Waals surface area contributed by atoms with Gasteiger partial charge in [-0.2, -0.15) is 0 Å². The summed E-state index contributed by atoms with van der Waals surface area (Å²) in [6, 6.07) is 3.10. The van der Waals surface area contributed by atoms with E-state index in [1.807, 2.05) is 0 Å². The van der Waals surface area contributed by atoms with Crippen LogP contribution in [0.2, 0.25) is 0 Å². The average molecular weight is 207 g/mol. The molecule has 5 heteroatoms. The summed E-state index contributed by atoms with van der Waals surface area (Å²) in [5.41, 5.74) is 1.30. The van der Waals surface area contributed by atoms with Crippen molar-refractivity contribution < 1.29 is 19.4 Å². The maximum Gasteiger partial charge on any atom is 0.339 e. The standard InChI is InChI=1S/C10H9NO4/c1-5-2-3-6(10(13)14)9-8(5)11-7(12)4-15-9/h2-3H,4H2,1H3,(H,11,12)(H,13,14). The summed E-state index contributed by atoms with van der Waals surface area (Å²) in [5, 5.41) is 11.5. The quantitative estimate of drug-likeness (QED) is 0.721. The van der Waals surface area contributed by atoms with Crippen LogP contribution in [0.4, 0.5) is 5.69 Å². The van der Waals surface area contributed by atoms with E-state index >= 15 is 0 Å². The summed E-state index contributed by atoms with van der Waals surface area (Å²) in [5.74, 6) is -1.10. The molecule has 1 aromatic rings. The highest BCUT2D eigenvalue weighted by molar-refractivity contribution is 6.01. The molecule has 5 nitrogen and oxygen atoms in total. The fourth-order valence-corrected chi connectivity index (χ4v) is 1.47. The molecule has 1 aliphatic heterocycles. The Hall–Kier alpha value is -2.04. The summed E-state index contributed by atoms with van der Waals surface area (Å²) in [6.45, 7) is 1.64. The third-order valence-corrected chi connectivity index (χ3v) is 2.21. The van der Waals surface area contributed by atoms with Crippen molar-refractivity contribution in [2.45, 2.75) is 6.92 Å². The highest BCUT2D eigenvalue weighted by Gasteiger charge is 2.23. The second-order valence-corrected chi connectivity index (χ2v) is 3.28. The maximum absolute atomic E-state index is 11.1. The van der Waals surface area contributed by atoms with Crippen LogP contribution in [0.15, 0.2) is 12.1 Å². The van der Waals surface area contributed by atoms with E-state index in [-0.39, 0.29) is 23.8 Å². The molecule has 1 aliphatic rings.